The fourth-order valence-corrected chi connectivity index (χ4v) is 3.66. The number of hydrogen-bond donors (Lipinski definition) is 1. The van der Waals surface area contributed by atoms with Gasteiger partial charge in [0.25, 0.3) is 0 Å². The van der Waals surface area contributed by atoms with Gasteiger partial charge in [-0.2, -0.15) is 13.2 Å². The maximum Gasteiger partial charge on any atom is 0.391 e. The summed E-state index contributed by atoms with van der Waals surface area (Å²) in [6, 6.07) is 5.00. The first-order valence-corrected chi connectivity index (χ1v) is 10.2. The van der Waals surface area contributed by atoms with Crippen LogP contribution in [0.25, 0.3) is 0 Å². The second kappa shape index (κ2) is 10.7. The van der Waals surface area contributed by atoms with Crippen LogP contribution in [0.2, 0.25) is 0 Å². The molecule has 0 bridgehead atoms. The second-order valence-corrected chi connectivity index (χ2v) is 7.33. The van der Waals surface area contributed by atoms with Crippen molar-refractivity contribution < 1.29 is 27.4 Å². The Morgan fingerprint density at radius 3 is 2.55 bits per heavy atom. The summed E-state index contributed by atoms with van der Waals surface area (Å²) in [5.41, 5.74) is 0.489. The Morgan fingerprint density at radius 2 is 1.93 bits per heavy atom. The molecule has 1 aliphatic rings. The van der Waals surface area contributed by atoms with E-state index in [0.29, 0.717) is 36.6 Å². The summed E-state index contributed by atoms with van der Waals surface area (Å²) in [5.74, 6) is -1.38. The summed E-state index contributed by atoms with van der Waals surface area (Å²) < 4.78 is 50.1. The summed E-state index contributed by atoms with van der Waals surface area (Å²) in [6.45, 7) is 7.23. The van der Waals surface area contributed by atoms with E-state index >= 15 is 0 Å². The van der Waals surface area contributed by atoms with Gasteiger partial charge in [-0.3, -0.25) is 4.79 Å². The highest BCUT2D eigenvalue weighted by atomic mass is 19.4. The molecule has 1 aliphatic carbocycles. The lowest BCUT2D eigenvalue weighted by Crippen LogP contribution is -2.34. The number of carbonyl (C=O) groups is 1. The molecular formula is C21H31F3N2O3. The number of methoxy groups -OCH3 is 1. The van der Waals surface area contributed by atoms with Crippen molar-refractivity contribution >= 4 is 11.6 Å². The molecule has 1 saturated carbocycles. The topological polar surface area (TPSA) is 50.8 Å². The number of alkyl halides is 3. The van der Waals surface area contributed by atoms with Gasteiger partial charge in [0.1, 0.15) is 6.61 Å². The van der Waals surface area contributed by atoms with Gasteiger partial charge in [-0.15, -0.1) is 0 Å². The number of halogens is 3. The predicted octanol–water partition coefficient (Wildman–Crippen LogP) is 4.72. The number of benzene rings is 1. The number of amides is 1. The average Bonchev–Trinajstić information content (AvgIpc) is 2.71. The third-order valence-electron chi connectivity index (χ3n) is 5.50. The van der Waals surface area contributed by atoms with E-state index in [2.05, 4.69) is 24.1 Å². The lowest BCUT2D eigenvalue weighted by molar-refractivity contribution is -0.185. The molecule has 0 spiro atoms. The highest BCUT2D eigenvalue weighted by molar-refractivity contribution is 5.93. The van der Waals surface area contributed by atoms with Crippen LogP contribution in [-0.4, -0.2) is 50.3 Å². The van der Waals surface area contributed by atoms with Crippen molar-refractivity contribution in [2.75, 3.05) is 38.7 Å². The van der Waals surface area contributed by atoms with Gasteiger partial charge in [-0.1, -0.05) is 20.3 Å². The molecule has 1 amide bonds. The molecule has 0 aliphatic heterocycles. The number of likely N-dealkylation sites (N-methyl/N-ethyl adjacent to an activating group) is 1. The SMILES string of the molecule is CCN(CC)CCOc1cc(NC(=O)C2CCCC(C(F)(F)F)C2)ccc1OC. The zero-order valence-electron chi connectivity index (χ0n) is 17.3. The molecule has 0 radical (unpaired) electrons. The fourth-order valence-electron chi connectivity index (χ4n) is 3.66. The second-order valence-electron chi connectivity index (χ2n) is 7.33. The Labute approximate surface area is 170 Å². The first kappa shape index (κ1) is 23.3. The Balaban J connectivity index is 2.00. The molecular weight excluding hydrogens is 385 g/mol. The van der Waals surface area contributed by atoms with Gasteiger partial charge in [0.15, 0.2) is 11.5 Å². The van der Waals surface area contributed by atoms with Gasteiger partial charge in [-0.25, -0.2) is 0 Å². The van der Waals surface area contributed by atoms with Gasteiger partial charge in [0.05, 0.1) is 13.0 Å². The minimum atomic E-state index is -4.25. The van der Waals surface area contributed by atoms with Crippen LogP contribution in [0.3, 0.4) is 0 Å². The van der Waals surface area contributed by atoms with E-state index in [4.69, 9.17) is 9.47 Å². The number of hydrogen-bond acceptors (Lipinski definition) is 4. The first-order valence-electron chi connectivity index (χ1n) is 10.2. The molecule has 1 N–H and O–H groups in total. The van der Waals surface area contributed by atoms with E-state index in [0.717, 1.165) is 19.6 Å². The molecule has 29 heavy (non-hydrogen) atoms. The summed E-state index contributed by atoms with van der Waals surface area (Å²) in [5, 5.41) is 2.74. The van der Waals surface area contributed by atoms with Crippen LogP contribution < -0.4 is 14.8 Å². The molecule has 5 nitrogen and oxygen atoms in total. The predicted molar refractivity (Wildman–Crippen MR) is 106 cm³/mol. The molecule has 2 atom stereocenters. The minimum absolute atomic E-state index is 0.0976. The van der Waals surface area contributed by atoms with E-state index in [1.807, 2.05) is 0 Å². The largest absolute Gasteiger partial charge is 0.493 e. The quantitative estimate of drug-likeness (QED) is 0.633. The van der Waals surface area contributed by atoms with E-state index in [1.54, 1.807) is 18.2 Å². The van der Waals surface area contributed by atoms with E-state index < -0.39 is 18.0 Å². The monoisotopic (exact) mass is 416 g/mol. The molecule has 0 heterocycles. The zero-order chi connectivity index (χ0) is 21.4. The fraction of sp³-hybridized carbons (Fsp3) is 0.667. The molecule has 1 aromatic rings. The lowest BCUT2D eigenvalue weighted by Gasteiger charge is -2.29. The molecule has 2 unspecified atom stereocenters. The summed E-state index contributed by atoms with van der Waals surface area (Å²) in [6.07, 6.45) is -3.42. The van der Waals surface area contributed by atoms with Gasteiger partial charge in [-0.05, 0) is 44.5 Å². The van der Waals surface area contributed by atoms with Gasteiger partial charge < -0.3 is 19.7 Å². The number of nitrogens with one attached hydrogen (secondary N) is 1. The van der Waals surface area contributed by atoms with Crippen molar-refractivity contribution in [2.24, 2.45) is 11.8 Å². The van der Waals surface area contributed by atoms with Gasteiger partial charge >= 0.3 is 6.18 Å². The average molecular weight is 416 g/mol. The molecule has 164 valence electrons. The Morgan fingerprint density at radius 1 is 1.21 bits per heavy atom. The number of nitrogens with zero attached hydrogens (tertiary/aromatic N) is 1. The molecule has 0 saturated heterocycles. The van der Waals surface area contributed by atoms with Crippen LogP contribution >= 0.6 is 0 Å². The van der Waals surface area contributed by atoms with Crippen molar-refractivity contribution in [1.82, 2.24) is 4.90 Å². The smallest absolute Gasteiger partial charge is 0.391 e. The van der Waals surface area contributed by atoms with Gasteiger partial charge in [0, 0.05) is 24.2 Å². The number of ether oxygens (including phenoxy) is 2. The molecule has 2 rings (SSSR count). The van der Waals surface area contributed by atoms with Crippen molar-refractivity contribution in [2.45, 2.75) is 45.7 Å². The number of anilines is 1. The van der Waals surface area contributed by atoms with Crippen LogP contribution in [-0.2, 0) is 4.79 Å². The highest BCUT2D eigenvalue weighted by Crippen LogP contribution is 2.40. The summed E-state index contributed by atoms with van der Waals surface area (Å²) in [7, 11) is 1.53. The minimum Gasteiger partial charge on any atom is -0.493 e. The standard InChI is InChI=1S/C21H31F3N2O3/c1-4-26(5-2)11-12-29-19-14-17(9-10-18(19)28-3)25-20(27)15-7-6-8-16(13-15)21(22,23)24/h9-10,14-16H,4-8,11-13H2,1-3H3,(H,25,27). The Hall–Kier alpha value is -1.96. The van der Waals surface area contributed by atoms with E-state index in [1.165, 1.54) is 7.11 Å². The molecule has 1 aromatic carbocycles. The van der Waals surface area contributed by atoms with Crippen molar-refractivity contribution in [3.8, 4) is 11.5 Å². The van der Waals surface area contributed by atoms with Crippen LogP contribution in [0.4, 0.5) is 18.9 Å². The maximum absolute atomic E-state index is 13.0. The van der Waals surface area contributed by atoms with Crippen molar-refractivity contribution in [1.29, 1.82) is 0 Å². The zero-order valence-corrected chi connectivity index (χ0v) is 17.3. The number of carbonyl (C=O) groups excluding carboxylic acids is 1. The highest BCUT2D eigenvalue weighted by Gasteiger charge is 2.43. The Kier molecular flexibility index (Phi) is 8.61. The molecule has 1 fully saturated rings. The summed E-state index contributed by atoms with van der Waals surface area (Å²) in [4.78, 5) is 14.8. The van der Waals surface area contributed by atoms with Crippen LogP contribution in [0.15, 0.2) is 18.2 Å². The van der Waals surface area contributed by atoms with Crippen molar-refractivity contribution in [3.63, 3.8) is 0 Å². The molecule has 8 heteroatoms. The van der Waals surface area contributed by atoms with Crippen molar-refractivity contribution in [3.05, 3.63) is 18.2 Å². The molecule has 0 aromatic heterocycles. The normalized spacial score (nSPS) is 19.8. The lowest BCUT2D eigenvalue weighted by atomic mass is 9.80. The van der Waals surface area contributed by atoms with Crippen LogP contribution in [0, 0.1) is 11.8 Å². The van der Waals surface area contributed by atoms with E-state index in [-0.39, 0.29) is 18.7 Å². The maximum atomic E-state index is 13.0. The summed E-state index contributed by atoms with van der Waals surface area (Å²) >= 11 is 0. The van der Waals surface area contributed by atoms with Gasteiger partial charge in [0.2, 0.25) is 5.91 Å². The number of rotatable bonds is 9. The first-order chi connectivity index (χ1) is 13.8. The van der Waals surface area contributed by atoms with Crippen LogP contribution in [0.5, 0.6) is 11.5 Å². The van der Waals surface area contributed by atoms with Crippen LogP contribution in [0.1, 0.15) is 39.5 Å². The van der Waals surface area contributed by atoms with E-state index in [9.17, 15) is 18.0 Å². The Bertz CT molecular complexity index is 663. The third kappa shape index (κ3) is 6.80. The third-order valence-corrected chi connectivity index (χ3v) is 5.50.